The molecule has 4 heteroatoms. The Labute approximate surface area is 137 Å². The Morgan fingerprint density at radius 1 is 1.09 bits per heavy atom. The molecule has 0 aliphatic rings. The number of nitrogens with one attached hydrogen (secondary N) is 1. The number of carbonyl (C=O) groups is 1. The van der Waals surface area contributed by atoms with Gasteiger partial charge in [0.1, 0.15) is 11.5 Å². The minimum atomic E-state index is -0.125. The van der Waals surface area contributed by atoms with Crippen LogP contribution in [0.3, 0.4) is 0 Å². The Morgan fingerprint density at radius 3 is 2.61 bits per heavy atom. The van der Waals surface area contributed by atoms with Crippen molar-refractivity contribution >= 4 is 5.91 Å². The van der Waals surface area contributed by atoms with Gasteiger partial charge in [0.05, 0.1) is 7.11 Å². The van der Waals surface area contributed by atoms with Crippen LogP contribution in [0.5, 0.6) is 11.5 Å². The zero-order valence-corrected chi connectivity index (χ0v) is 13.9. The topological polar surface area (TPSA) is 47.6 Å². The number of aryl methyl sites for hydroxylation is 2. The number of amides is 1. The average Bonchev–Trinajstić information content (AvgIpc) is 2.54. The van der Waals surface area contributed by atoms with Gasteiger partial charge in [0.15, 0.2) is 6.61 Å². The Morgan fingerprint density at radius 2 is 1.87 bits per heavy atom. The number of carbonyl (C=O) groups excluding carboxylic acids is 1. The van der Waals surface area contributed by atoms with Gasteiger partial charge in [-0.05, 0) is 43.5 Å². The molecule has 2 aromatic carbocycles. The fraction of sp³-hybridized carbons (Fsp3) is 0.316. The minimum absolute atomic E-state index is 0.0236. The van der Waals surface area contributed by atoms with Crippen LogP contribution in [0.15, 0.2) is 42.5 Å². The summed E-state index contributed by atoms with van der Waals surface area (Å²) < 4.78 is 10.9. The van der Waals surface area contributed by atoms with E-state index in [0.29, 0.717) is 6.54 Å². The molecule has 4 nitrogen and oxygen atoms in total. The van der Waals surface area contributed by atoms with Crippen LogP contribution >= 0.6 is 0 Å². The first kappa shape index (κ1) is 16.9. The molecule has 0 aliphatic heterocycles. The van der Waals surface area contributed by atoms with Gasteiger partial charge >= 0.3 is 0 Å². The van der Waals surface area contributed by atoms with Gasteiger partial charge < -0.3 is 14.8 Å². The number of ether oxygens (including phenoxy) is 2. The van der Waals surface area contributed by atoms with Crippen molar-refractivity contribution in [3.8, 4) is 11.5 Å². The van der Waals surface area contributed by atoms with Crippen molar-refractivity contribution in [2.45, 2.75) is 20.3 Å². The second kappa shape index (κ2) is 8.22. The lowest BCUT2D eigenvalue weighted by atomic mass is 10.1. The molecule has 2 rings (SSSR count). The van der Waals surface area contributed by atoms with Crippen LogP contribution in [0.25, 0.3) is 0 Å². The lowest BCUT2D eigenvalue weighted by Crippen LogP contribution is -2.30. The van der Waals surface area contributed by atoms with Gasteiger partial charge in [-0.3, -0.25) is 4.79 Å². The van der Waals surface area contributed by atoms with Crippen molar-refractivity contribution in [3.63, 3.8) is 0 Å². The zero-order valence-electron chi connectivity index (χ0n) is 13.9. The van der Waals surface area contributed by atoms with Crippen LogP contribution in [-0.2, 0) is 11.2 Å². The van der Waals surface area contributed by atoms with E-state index in [4.69, 9.17) is 9.47 Å². The Kier molecular flexibility index (Phi) is 6.03. The third kappa shape index (κ3) is 5.02. The maximum absolute atomic E-state index is 11.9. The number of rotatable bonds is 7. The molecule has 0 radical (unpaired) electrons. The van der Waals surface area contributed by atoms with E-state index in [9.17, 15) is 4.79 Å². The molecule has 0 unspecified atom stereocenters. The summed E-state index contributed by atoms with van der Waals surface area (Å²) in [5.74, 6) is 1.46. The van der Waals surface area contributed by atoms with E-state index in [1.54, 1.807) is 7.11 Å². The smallest absolute Gasteiger partial charge is 0.257 e. The van der Waals surface area contributed by atoms with Crippen molar-refractivity contribution in [2.24, 2.45) is 0 Å². The van der Waals surface area contributed by atoms with Crippen molar-refractivity contribution < 1.29 is 14.3 Å². The highest BCUT2D eigenvalue weighted by Gasteiger charge is 2.06. The highest BCUT2D eigenvalue weighted by molar-refractivity contribution is 5.77. The number of hydrogen-bond donors (Lipinski definition) is 1. The van der Waals surface area contributed by atoms with Crippen LogP contribution in [0.1, 0.15) is 16.7 Å². The van der Waals surface area contributed by atoms with E-state index >= 15 is 0 Å². The van der Waals surface area contributed by atoms with Gasteiger partial charge in [0, 0.05) is 6.54 Å². The van der Waals surface area contributed by atoms with Gasteiger partial charge in [-0.15, -0.1) is 0 Å². The largest absolute Gasteiger partial charge is 0.496 e. The maximum Gasteiger partial charge on any atom is 0.257 e. The summed E-state index contributed by atoms with van der Waals surface area (Å²) in [5.41, 5.74) is 3.29. The summed E-state index contributed by atoms with van der Waals surface area (Å²) in [5, 5.41) is 2.86. The van der Waals surface area contributed by atoms with E-state index < -0.39 is 0 Å². The van der Waals surface area contributed by atoms with E-state index in [2.05, 4.69) is 5.32 Å². The third-order valence-corrected chi connectivity index (χ3v) is 3.60. The van der Waals surface area contributed by atoms with Crippen LogP contribution < -0.4 is 14.8 Å². The van der Waals surface area contributed by atoms with E-state index in [1.165, 1.54) is 5.56 Å². The summed E-state index contributed by atoms with van der Waals surface area (Å²) >= 11 is 0. The Hall–Kier alpha value is -2.49. The summed E-state index contributed by atoms with van der Waals surface area (Å²) in [6.45, 7) is 4.58. The molecule has 0 atom stereocenters. The predicted molar refractivity (Wildman–Crippen MR) is 91.1 cm³/mol. The maximum atomic E-state index is 11.9. The second-order valence-electron chi connectivity index (χ2n) is 5.47. The van der Waals surface area contributed by atoms with Crippen molar-refractivity contribution in [1.29, 1.82) is 0 Å². The van der Waals surface area contributed by atoms with Crippen molar-refractivity contribution in [3.05, 3.63) is 59.2 Å². The Balaban J connectivity index is 1.77. The van der Waals surface area contributed by atoms with Gasteiger partial charge in [-0.25, -0.2) is 0 Å². The lowest BCUT2D eigenvalue weighted by Gasteiger charge is -2.11. The average molecular weight is 313 g/mol. The van der Waals surface area contributed by atoms with E-state index in [0.717, 1.165) is 29.0 Å². The van der Waals surface area contributed by atoms with Crippen LogP contribution in [0.2, 0.25) is 0 Å². The molecule has 0 aromatic heterocycles. The first-order valence-corrected chi connectivity index (χ1v) is 7.69. The standard InChI is InChI=1S/C19H23NO3/c1-14-8-9-17(15(2)12-14)23-13-19(21)20-11-10-16-6-4-5-7-18(16)22-3/h4-9,12H,10-11,13H2,1-3H3,(H,20,21). The molecule has 0 saturated carbocycles. The quantitative estimate of drug-likeness (QED) is 0.854. The molecule has 122 valence electrons. The number of benzene rings is 2. The molecular formula is C19H23NO3. The van der Waals surface area contributed by atoms with Crippen molar-refractivity contribution in [1.82, 2.24) is 5.32 Å². The summed E-state index contributed by atoms with van der Waals surface area (Å²) in [7, 11) is 1.65. The summed E-state index contributed by atoms with van der Waals surface area (Å²) in [6, 6.07) is 13.7. The van der Waals surface area contributed by atoms with Crippen molar-refractivity contribution in [2.75, 3.05) is 20.3 Å². The molecule has 0 heterocycles. The number of para-hydroxylation sites is 1. The molecule has 0 saturated heterocycles. The van der Waals surface area contributed by atoms with Gasteiger partial charge in [0.25, 0.3) is 5.91 Å². The molecule has 1 amide bonds. The van der Waals surface area contributed by atoms with E-state index in [1.807, 2.05) is 56.3 Å². The molecule has 0 aliphatic carbocycles. The zero-order chi connectivity index (χ0) is 16.7. The van der Waals surface area contributed by atoms with E-state index in [-0.39, 0.29) is 12.5 Å². The van der Waals surface area contributed by atoms with Gasteiger partial charge in [0.2, 0.25) is 0 Å². The third-order valence-electron chi connectivity index (χ3n) is 3.60. The number of methoxy groups -OCH3 is 1. The fourth-order valence-electron chi connectivity index (χ4n) is 2.40. The van der Waals surface area contributed by atoms with Crippen LogP contribution in [-0.4, -0.2) is 26.2 Å². The Bertz CT molecular complexity index is 667. The summed E-state index contributed by atoms with van der Waals surface area (Å²) in [4.78, 5) is 11.9. The molecule has 1 N–H and O–H groups in total. The predicted octanol–water partition coefficient (Wildman–Crippen LogP) is 3.05. The monoisotopic (exact) mass is 313 g/mol. The first-order chi connectivity index (χ1) is 11.1. The number of hydrogen-bond acceptors (Lipinski definition) is 3. The fourth-order valence-corrected chi connectivity index (χ4v) is 2.40. The molecule has 2 aromatic rings. The highest BCUT2D eigenvalue weighted by Crippen LogP contribution is 2.19. The molecule has 0 fully saturated rings. The first-order valence-electron chi connectivity index (χ1n) is 7.69. The minimum Gasteiger partial charge on any atom is -0.496 e. The SMILES string of the molecule is COc1ccccc1CCNC(=O)COc1ccc(C)cc1C. The van der Waals surface area contributed by atoms with Crippen LogP contribution in [0.4, 0.5) is 0 Å². The normalized spacial score (nSPS) is 10.2. The highest BCUT2D eigenvalue weighted by atomic mass is 16.5. The summed E-state index contributed by atoms with van der Waals surface area (Å²) in [6.07, 6.45) is 0.722. The molecular weight excluding hydrogens is 290 g/mol. The lowest BCUT2D eigenvalue weighted by molar-refractivity contribution is -0.123. The van der Waals surface area contributed by atoms with Gasteiger partial charge in [-0.2, -0.15) is 0 Å². The van der Waals surface area contributed by atoms with Crippen LogP contribution in [0, 0.1) is 13.8 Å². The molecule has 0 bridgehead atoms. The second-order valence-corrected chi connectivity index (χ2v) is 5.47. The van der Waals surface area contributed by atoms with Gasteiger partial charge in [-0.1, -0.05) is 35.9 Å². The molecule has 23 heavy (non-hydrogen) atoms. The molecule has 0 spiro atoms.